The van der Waals surface area contributed by atoms with Crippen molar-refractivity contribution in [1.29, 1.82) is 0 Å². The van der Waals surface area contributed by atoms with Crippen LogP contribution in [0.5, 0.6) is 0 Å². The maximum absolute atomic E-state index is 12.4. The highest BCUT2D eigenvalue weighted by molar-refractivity contribution is 7.99. The van der Waals surface area contributed by atoms with E-state index in [9.17, 15) is 9.59 Å². The molecule has 1 N–H and O–H groups in total. The van der Waals surface area contributed by atoms with E-state index in [4.69, 9.17) is 0 Å². The third kappa shape index (κ3) is 4.89. The molecule has 0 saturated carbocycles. The topological polar surface area (TPSA) is 64.0 Å². The van der Waals surface area contributed by atoms with Crippen LogP contribution in [0.4, 0.5) is 5.69 Å². The van der Waals surface area contributed by atoms with E-state index in [0.29, 0.717) is 12.2 Å². The smallest absolute Gasteiger partial charge is 0.276 e. The summed E-state index contributed by atoms with van der Waals surface area (Å²) in [6.07, 6.45) is 0.775. The van der Waals surface area contributed by atoms with Gasteiger partial charge < -0.3 is 5.32 Å². The van der Waals surface area contributed by atoms with E-state index in [1.165, 1.54) is 32.8 Å². The van der Waals surface area contributed by atoms with Crippen molar-refractivity contribution in [2.24, 2.45) is 0 Å². The number of carbonyl (C=O) groups is 1. The normalized spacial score (nSPS) is 10.7. The number of anilines is 1. The molecular formula is C22H23N3O2S. The molecule has 0 atom stereocenters. The first-order valence-electron chi connectivity index (χ1n) is 9.21. The van der Waals surface area contributed by atoms with Gasteiger partial charge in [-0.1, -0.05) is 30.8 Å². The molecule has 1 aromatic heterocycles. The second-order valence-corrected chi connectivity index (χ2v) is 7.74. The van der Waals surface area contributed by atoms with Crippen molar-refractivity contribution in [2.45, 2.75) is 43.5 Å². The van der Waals surface area contributed by atoms with Gasteiger partial charge in [0.25, 0.3) is 11.5 Å². The number of carbonyl (C=O) groups excluding carboxylic acids is 1. The van der Waals surface area contributed by atoms with E-state index in [-0.39, 0.29) is 17.2 Å². The van der Waals surface area contributed by atoms with E-state index in [1.54, 1.807) is 11.8 Å². The predicted octanol–water partition coefficient (Wildman–Crippen LogP) is 4.67. The zero-order valence-electron chi connectivity index (χ0n) is 16.2. The van der Waals surface area contributed by atoms with Crippen molar-refractivity contribution in [1.82, 2.24) is 9.78 Å². The summed E-state index contributed by atoms with van der Waals surface area (Å²) in [5, 5.41) is 6.97. The highest BCUT2D eigenvalue weighted by Gasteiger charge is 2.10. The summed E-state index contributed by atoms with van der Waals surface area (Å²) in [7, 11) is 0. The maximum Gasteiger partial charge on any atom is 0.276 e. The third-order valence-electron chi connectivity index (χ3n) is 4.22. The van der Waals surface area contributed by atoms with Crippen LogP contribution in [0.15, 0.2) is 69.2 Å². The van der Waals surface area contributed by atoms with Gasteiger partial charge in [0.2, 0.25) is 0 Å². The second-order valence-electron chi connectivity index (χ2n) is 6.63. The van der Waals surface area contributed by atoms with E-state index in [0.717, 1.165) is 11.3 Å². The number of hydrogen-bond acceptors (Lipinski definition) is 4. The van der Waals surface area contributed by atoms with Gasteiger partial charge in [-0.25, -0.2) is 4.68 Å². The van der Waals surface area contributed by atoms with E-state index < -0.39 is 0 Å². The number of aryl methyl sites for hydroxylation is 3. The molecule has 0 aliphatic heterocycles. The molecule has 0 saturated heterocycles. The Hall–Kier alpha value is -2.86. The first-order chi connectivity index (χ1) is 13.5. The third-order valence-corrected chi connectivity index (χ3v) is 5.39. The Morgan fingerprint density at radius 3 is 2.54 bits per heavy atom. The average Bonchev–Trinajstić information content (AvgIpc) is 2.68. The van der Waals surface area contributed by atoms with Gasteiger partial charge in [0.1, 0.15) is 5.69 Å². The average molecular weight is 394 g/mol. The van der Waals surface area contributed by atoms with Crippen molar-refractivity contribution < 1.29 is 4.79 Å². The van der Waals surface area contributed by atoms with Crippen LogP contribution in [0, 0.1) is 13.8 Å². The van der Waals surface area contributed by atoms with Crippen molar-refractivity contribution in [3.8, 4) is 0 Å². The van der Waals surface area contributed by atoms with Crippen LogP contribution in [0.3, 0.4) is 0 Å². The molecule has 0 fully saturated rings. The van der Waals surface area contributed by atoms with Gasteiger partial charge in [-0.05, 0) is 67.8 Å². The summed E-state index contributed by atoms with van der Waals surface area (Å²) in [6, 6.07) is 16.9. The predicted molar refractivity (Wildman–Crippen MR) is 113 cm³/mol. The van der Waals surface area contributed by atoms with Gasteiger partial charge in [0.15, 0.2) is 0 Å². The molecule has 0 bridgehead atoms. The molecular weight excluding hydrogens is 370 g/mol. The summed E-state index contributed by atoms with van der Waals surface area (Å²) in [6.45, 7) is 6.63. The monoisotopic (exact) mass is 393 g/mol. The lowest BCUT2D eigenvalue weighted by Gasteiger charge is -2.09. The molecule has 0 radical (unpaired) electrons. The molecule has 144 valence electrons. The van der Waals surface area contributed by atoms with Crippen molar-refractivity contribution in [3.05, 3.63) is 81.8 Å². The number of benzene rings is 2. The van der Waals surface area contributed by atoms with Crippen LogP contribution in [0.25, 0.3) is 0 Å². The zero-order chi connectivity index (χ0) is 20.1. The van der Waals surface area contributed by atoms with Gasteiger partial charge in [-0.3, -0.25) is 9.59 Å². The van der Waals surface area contributed by atoms with Crippen LogP contribution in [0.2, 0.25) is 0 Å². The highest BCUT2D eigenvalue weighted by atomic mass is 32.2. The van der Waals surface area contributed by atoms with Crippen molar-refractivity contribution in [3.63, 3.8) is 0 Å². The minimum atomic E-state index is -0.334. The summed E-state index contributed by atoms with van der Waals surface area (Å²) in [5.41, 5.74) is 3.17. The standard InChI is InChI=1S/C22H23N3O2S/c1-4-13-25-21(26)12-11-19(24-25)22(27)23-17-7-9-18(10-8-17)28-20-14-15(2)5-6-16(20)3/h5-12,14H,4,13H2,1-3H3,(H,23,27). The summed E-state index contributed by atoms with van der Waals surface area (Å²) < 4.78 is 1.32. The molecule has 0 spiro atoms. The number of aromatic nitrogens is 2. The lowest BCUT2D eigenvalue weighted by atomic mass is 10.2. The minimum absolute atomic E-state index is 0.203. The van der Waals surface area contributed by atoms with Gasteiger partial charge in [-0.2, -0.15) is 5.10 Å². The Kier molecular flexibility index (Phi) is 6.31. The quantitative estimate of drug-likeness (QED) is 0.661. The van der Waals surface area contributed by atoms with E-state index >= 15 is 0 Å². The molecule has 1 heterocycles. The molecule has 3 aromatic rings. The number of hydrogen-bond donors (Lipinski definition) is 1. The molecule has 3 rings (SSSR count). The van der Waals surface area contributed by atoms with Crippen LogP contribution in [-0.4, -0.2) is 15.7 Å². The fourth-order valence-electron chi connectivity index (χ4n) is 2.69. The fraction of sp³-hybridized carbons (Fsp3) is 0.227. The number of rotatable bonds is 6. The van der Waals surface area contributed by atoms with Crippen LogP contribution in [0.1, 0.15) is 35.0 Å². The second kappa shape index (κ2) is 8.89. The lowest BCUT2D eigenvalue weighted by molar-refractivity contribution is 0.101. The summed E-state index contributed by atoms with van der Waals surface area (Å²) in [5.74, 6) is -0.334. The Morgan fingerprint density at radius 1 is 1.07 bits per heavy atom. The Labute approximate surface area is 168 Å². The van der Waals surface area contributed by atoms with Crippen LogP contribution in [-0.2, 0) is 6.54 Å². The van der Waals surface area contributed by atoms with Gasteiger partial charge >= 0.3 is 0 Å². The molecule has 0 unspecified atom stereocenters. The largest absolute Gasteiger partial charge is 0.321 e. The Morgan fingerprint density at radius 2 is 1.82 bits per heavy atom. The van der Waals surface area contributed by atoms with Gasteiger partial charge in [-0.15, -0.1) is 0 Å². The SMILES string of the molecule is CCCn1nc(C(=O)Nc2ccc(Sc3cc(C)ccc3C)cc2)ccc1=O. The Balaban J connectivity index is 1.70. The van der Waals surface area contributed by atoms with E-state index in [1.807, 2.05) is 31.2 Å². The van der Waals surface area contributed by atoms with Crippen LogP contribution >= 0.6 is 11.8 Å². The number of nitrogens with one attached hydrogen (secondary N) is 1. The molecule has 0 aliphatic rings. The van der Waals surface area contributed by atoms with E-state index in [2.05, 4.69) is 42.5 Å². The minimum Gasteiger partial charge on any atom is -0.321 e. The van der Waals surface area contributed by atoms with Gasteiger partial charge in [0, 0.05) is 28.1 Å². The number of nitrogens with zero attached hydrogens (tertiary/aromatic N) is 2. The van der Waals surface area contributed by atoms with Gasteiger partial charge in [0.05, 0.1) is 0 Å². The summed E-state index contributed by atoms with van der Waals surface area (Å²) in [4.78, 5) is 26.5. The first kappa shape index (κ1) is 19.9. The number of amides is 1. The Bertz CT molecular complexity index is 1040. The maximum atomic E-state index is 12.4. The first-order valence-corrected chi connectivity index (χ1v) is 10.0. The highest BCUT2D eigenvalue weighted by Crippen LogP contribution is 2.31. The van der Waals surface area contributed by atoms with Crippen LogP contribution < -0.4 is 10.9 Å². The summed E-state index contributed by atoms with van der Waals surface area (Å²) >= 11 is 1.70. The molecule has 6 heteroatoms. The molecule has 2 aromatic carbocycles. The molecule has 1 amide bonds. The van der Waals surface area contributed by atoms with Crippen molar-refractivity contribution >= 4 is 23.4 Å². The zero-order valence-corrected chi connectivity index (χ0v) is 17.0. The molecule has 0 aliphatic carbocycles. The lowest BCUT2D eigenvalue weighted by Crippen LogP contribution is -2.26. The fourth-order valence-corrected chi connectivity index (χ4v) is 3.69. The molecule has 28 heavy (non-hydrogen) atoms. The van der Waals surface area contributed by atoms with Crippen molar-refractivity contribution in [2.75, 3.05) is 5.32 Å². The molecule has 5 nitrogen and oxygen atoms in total.